The van der Waals surface area contributed by atoms with Crippen LogP contribution >= 0.6 is 11.3 Å². The molecule has 1 fully saturated rings. The second-order valence-electron chi connectivity index (χ2n) is 6.29. The maximum absolute atomic E-state index is 12.7. The third-order valence-corrected chi connectivity index (χ3v) is 5.76. The molecule has 1 atom stereocenters. The van der Waals surface area contributed by atoms with Gasteiger partial charge in [0.05, 0.1) is 6.42 Å². The summed E-state index contributed by atoms with van der Waals surface area (Å²) in [7, 11) is 1.74. The predicted molar refractivity (Wildman–Crippen MR) is 89.9 cm³/mol. The number of carbonyl (C=O) groups is 2. The summed E-state index contributed by atoms with van der Waals surface area (Å²) < 4.78 is 0. The molecule has 5 heteroatoms. The van der Waals surface area contributed by atoms with Crippen LogP contribution in [0.5, 0.6) is 0 Å². The first kappa shape index (κ1) is 17.0. The summed E-state index contributed by atoms with van der Waals surface area (Å²) in [6.45, 7) is 3.83. The number of hydrogen-bond acceptors (Lipinski definition) is 3. The Bertz CT molecular complexity index is 509. The minimum Gasteiger partial charge on any atom is -0.351 e. The normalized spacial score (nSPS) is 18.0. The van der Waals surface area contributed by atoms with Crippen molar-refractivity contribution in [2.24, 2.45) is 0 Å². The molecule has 1 aromatic rings. The largest absolute Gasteiger partial charge is 0.351 e. The van der Waals surface area contributed by atoms with Crippen molar-refractivity contribution in [1.29, 1.82) is 0 Å². The first-order valence-electron chi connectivity index (χ1n) is 8.07. The van der Waals surface area contributed by atoms with Crippen molar-refractivity contribution in [3.63, 3.8) is 0 Å². The number of carbonyl (C=O) groups excluding carboxylic acids is 2. The van der Waals surface area contributed by atoms with Gasteiger partial charge in [0, 0.05) is 18.0 Å². The highest BCUT2D eigenvalue weighted by Crippen LogP contribution is 2.23. The van der Waals surface area contributed by atoms with E-state index in [1.807, 2.05) is 31.4 Å². The Kier molecular flexibility index (Phi) is 5.62. The fraction of sp³-hybridized carbons (Fsp3) is 0.647. The molecule has 1 saturated carbocycles. The Balaban J connectivity index is 2.02. The third-order valence-electron chi connectivity index (χ3n) is 4.89. The van der Waals surface area contributed by atoms with Crippen molar-refractivity contribution in [2.45, 2.75) is 64.0 Å². The molecular weight excluding hydrogens is 296 g/mol. The monoisotopic (exact) mass is 322 g/mol. The van der Waals surface area contributed by atoms with Crippen molar-refractivity contribution in [3.8, 4) is 0 Å². The summed E-state index contributed by atoms with van der Waals surface area (Å²) in [5.41, 5.74) is -0.781. The molecule has 0 saturated heterocycles. The highest BCUT2D eigenvalue weighted by molar-refractivity contribution is 7.10. The van der Waals surface area contributed by atoms with E-state index in [-0.39, 0.29) is 17.9 Å². The summed E-state index contributed by atoms with van der Waals surface area (Å²) in [6.07, 6.45) is 5.44. The summed E-state index contributed by atoms with van der Waals surface area (Å²) >= 11 is 1.57. The average molecular weight is 322 g/mol. The number of rotatable bonds is 6. The minimum absolute atomic E-state index is 0.00614. The van der Waals surface area contributed by atoms with E-state index in [4.69, 9.17) is 0 Å². The number of nitrogens with one attached hydrogen (secondary N) is 1. The van der Waals surface area contributed by atoms with Crippen LogP contribution in [0.2, 0.25) is 0 Å². The summed E-state index contributed by atoms with van der Waals surface area (Å²) in [5, 5.41) is 5.10. The quantitative estimate of drug-likeness (QED) is 0.875. The van der Waals surface area contributed by atoms with Gasteiger partial charge in [-0.25, -0.2) is 0 Å². The number of hydrogen-bond donors (Lipinski definition) is 1. The van der Waals surface area contributed by atoms with Crippen molar-refractivity contribution in [1.82, 2.24) is 10.2 Å². The number of nitrogens with zero attached hydrogens (tertiary/aromatic N) is 1. The van der Waals surface area contributed by atoms with E-state index in [9.17, 15) is 9.59 Å². The Morgan fingerprint density at radius 1 is 1.41 bits per heavy atom. The minimum atomic E-state index is -0.781. The van der Waals surface area contributed by atoms with Gasteiger partial charge in [0.2, 0.25) is 11.8 Å². The van der Waals surface area contributed by atoms with Crippen LogP contribution in [0.3, 0.4) is 0 Å². The van der Waals surface area contributed by atoms with Gasteiger partial charge in [0.1, 0.15) is 5.54 Å². The second kappa shape index (κ2) is 7.27. The van der Waals surface area contributed by atoms with E-state index in [2.05, 4.69) is 5.32 Å². The van der Waals surface area contributed by atoms with Crippen LogP contribution in [0, 0.1) is 0 Å². The van der Waals surface area contributed by atoms with Crippen LogP contribution in [-0.2, 0) is 16.0 Å². The van der Waals surface area contributed by atoms with Crippen LogP contribution < -0.4 is 5.32 Å². The zero-order valence-corrected chi connectivity index (χ0v) is 14.5. The molecular formula is C17H26N2O2S. The van der Waals surface area contributed by atoms with E-state index < -0.39 is 5.54 Å². The van der Waals surface area contributed by atoms with Gasteiger partial charge in [-0.05, 0) is 37.6 Å². The molecule has 1 N–H and O–H groups in total. The van der Waals surface area contributed by atoms with E-state index in [1.165, 1.54) is 12.8 Å². The van der Waals surface area contributed by atoms with E-state index >= 15 is 0 Å². The summed E-state index contributed by atoms with van der Waals surface area (Å²) in [4.78, 5) is 27.9. The molecule has 2 rings (SSSR count). The van der Waals surface area contributed by atoms with Crippen molar-refractivity contribution in [2.75, 3.05) is 7.05 Å². The lowest BCUT2D eigenvalue weighted by Crippen LogP contribution is -2.58. The molecule has 2 amide bonds. The smallest absolute Gasteiger partial charge is 0.245 e. The lowest BCUT2D eigenvalue weighted by Gasteiger charge is -2.37. The Morgan fingerprint density at radius 2 is 2.09 bits per heavy atom. The molecule has 22 heavy (non-hydrogen) atoms. The Hall–Kier alpha value is -1.36. The molecule has 1 aromatic heterocycles. The molecule has 0 spiro atoms. The molecule has 0 radical (unpaired) electrons. The van der Waals surface area contributed by atoms with Gasteiger partial charge in [0.15, 0.2) is 0 Å². The van der Waals surface area contributed by atoms with Gasteiger partial charge < -0.3 is 10.2 Å². The lowest BCUT2D eigenvalue weighted by molar-refractivity contribution is -0.145. The Morgan fingerprint density at radius 3 is 2.64 bits per heavy atom. The van der Waals surface area contributed by atoms with E-state index in [0.717, 1.165) is 17.7 Å². The highest BCUT2D eigenvalue weighted by atomic mass is 32.1. The predicted octanol–water partition coefficient (Wildman–Crippen LogP) is 2.98. The average Bonchev–Trinajstić information content (AvgIpc) is 3.19. The Labute approximate surface area is 136 Å². The molecule has 0 unspecified atom stereocenters. The third kappa shape index (κ3) is 3.69. The zero-order chi connectivity index (χ0) is 16.2. The molecule has 1 heterocycles. The SMILES string of the molecule is CC[C@](C)(C(=O)NC1CCCC1)N(C)C(=O)Cc1cccs1. The summed E-state index contributed by atoms with van der Waals surface area (Å²) in [5.74, 6) is -0.0303. The maximum Gasteiger partial charge on any atom is 0.245 e. The first-order chi connectivity index (χ1) is 10.5. The van der Waals surface area contributed by atoms with Crippen LogP contribution in [0.25, 0.3) is 0 Å². The first-order valence-corrected chi connectivity index (χ1v) is 8.95. The lowest BCUT2D eigenvalue weighted by atomic mass is 9.94. The standard InChI is InChI=1S/C17H26N2O2S/c1-4-17(2,16(21)18-13-8-5-6-9-13)19(3)15(20)12-14-10-7-11-22-14/h7,10-11,13H,4-6,8-9,12H2,1-3H3,(H,18,21)/t17-/m1/s1. The van der Waals surface area contributed by atoms with Crippen molar-refractivity contribution < 1.29 is 9.59 Å². The van der Waals surface area contributed by atoms with Crippen molar-refractivity contribution in [3.05, 3.63) is 22.4 Å². The fourth-order valence-electron chi connectivity index (χ4n) is 2.92. The highest BCUT2D eigenvalue weighted by Gasteiger charge is 2.39. The maximum atomic E-state index is 12.7. The van der Waals surface area contributed by atoms with E-state index in [1.54, 1.807) is 23.3 Å². The topological polar surface area (TPSA) is 49.4 Å². The molecule has 0 bridgehead atoms. The fourth-order valence-corrected chi connectivity index (χ4v) is 3.61. The van der Waals surface area contributed by atoms with Gasteiger partial charge in [-0.1, -0.05) is 25.8 Å². The molecule has 0 aliphatic heterocycles. The molecule has 122 valence electrons. The van der Waals surface area contributed by atoms with Crippen LogP contribution in [0.15, 0.2) is 17.5 Å². The number of amides is 2. The zero-order valence-electron chi connectivity index (χ0n) is 13.7. The molecule has 1 aliphatic carbocycles. The number of likely N-dealkylation sites (N-methyl/N-ethyl adjacent to an activating group) is 1. The van der Waals surface area contributed by atoms with Crippen molar-refractivity contribution >= 4 is 23.2 Å². The van der Waals surface area contributed by atoms with Gasteiger partial charge in [-0.15, -0.1) is 11.3 Å². The van der Waals surface area contributed by atoms with Gasteiger partial charge >= 0.3 is 0 Å². The second-order valence-corrected chi connectivity index (χ2v) is 7.32. The van der Waals surface area contributed by atoms with Gasteiger partial charge in [-0.3, -0.25) is 9.59 Å². The summed E-state index contributed by atoms with van der Waals surface area (Å²) in [6, 6.07) is 4.18. The van der Waals surface area contributed by atoms with Crippen LogP contribution in [0.1, 0.15) is 50.8 Å². The van der Waals surface area contributed by atoms with Gasteiger partial charge in [-0.2, -0.15) is 0 Å². The molecule has 0 aromatic carbocycles. The van der Waals surface area contributed by atoms with Gasteiger partial charge in [0.25, 0.3) is 0 Å². The van der Waals surface area contributed by atoms with Crippen LogP contribution in [0.4, 0.5) is 0 Å². The molecule has 1 aliphatic rings. The van der Waals surface area contributed by atoms with Crippen LogP contribution in [-0.4, -0.2) is 35.3 Å². The van der Waals surface area contributed by atoms with E-state index in [0.29, 0.717) is 12.8 Å². The molecule has 4 nitrogen and oxygen atoms in total. The number of thiophene rings is 1.